The highest BCUT2D eigenvalue weighted by Gasteiger charge is 2.41. The van der Waals surface area contributed by atoms with E-state index in [1.165, 1.54) is 5.56 Å². The Morgan fingerprint density at radius 1 is 1.00 bits per heavy atom. The molecule has 1 fully saturated rings. The Morgan fingerprint density at radius 2 is 1.67 bits per heavy atom. The zero-order chi connectivity index (χ0) is 17.3. The van der Waals surface area contributed by atoms with Crippen molar-refractivity contribution in [2.24, 2.45) is 11.8 Å². The molecule has 0 spiro atoms. The molecule has 2 heteroatoms. The van der Waals surface area contributed by atoms with Crippen LogP contribution in [0.1, 0.15) is 57.1 Å². The Balaban J connectivity index is 1.97. The lowest BCUT2D eigenvalue weighted by atomic mass is 9.59. The van der Waals surface area contributed by atoms with Crippen LogP contribution in [0.2, 0.25) is 0 Å². The Labute approximate surface area is 145 Å². The van der Waals surface area contributed by atoms with Crippen molar-refractivity contribution in [2.45, 2.75) is 51.4 Å². The van der Waals surface area contributed by atoms with Crippen LogP contribution in [0.4, 0.5) is 0 Å². The van der Waals surface area contributed by atoms with E-state index in [0.29, 0.717) is 29.3 Å². The molecule has 1 aliphatic carbocycles. The fraction of sp³-hybridized carbons (Fsp3) is 0.455. The fourth-order valence-electron chi connectivity index (χ4n) is 4.54. The maximum Gasteiger partial charge on any atom is 0.119 e. The molecule has 3 atom stereocenters. The molecule has 2 N–H and O–H groups in total. The van der Waals surface area contributed by atoms with E-state index in [0.717, 1.165) is 24.8 Å². The molecule has 0 amide bonds. The predicted octanol–water partition coefficient (Wildman–Crippen LogP) is 5.60. The van der Waals surface area contributed by atoms with Crippen molar-refractivity contribution < 1.29 is 10.2 Å². The summed E-state index contributed by atoms with van der Waals surface area (Å²) in [5, 5.41) is 20.0. The summed E-state index contributed by atoms with van der Waals surface area (Å²) < 4.78 is 0. The smallest absolute Gasteiger partial charge is 0.119 e. The molecule has 0 heterocycles. The third-order valence-corrected chi connectivity index (χ3v) is 5.95. The normalized spacial score (nSPS) is 27.3. The van der Waals surface area contributed by atoms with E-state index < -0.39 is 0 Å². The number of hydrogen-bond donors (Lipinski definition) is 2. The number of phenols is 2. The van der Waals surface area contributed by atoms with Crippen LogP contribution in [0.15, 0.2) is 48.5 Å². The second-order valence-electron chi connectivity index (χ2n) is 7.93. The summed E-state index contributed by atoms with van der Waals surface area (Å²) in [5.41, 5.74) is 2.35. The number of phenolic OH excluding ortho intramolecular Hbond substituents is 2. The van der Waals surface area contributed by atoms with E-state index >= 15 is 0 Å². The average Bonchev–Trinajstić information content (AvgIpc) is 2.55. The topological polar surface area (TPSA) is 40.5 Å². The molecule has 0 saturated heterocycles. The number of aromatic hydroxyl groups is 2. The Bertz CT molecular complexity index is 689. The van der Waals surface area contributed by atoms with Crippen LogP contribution in [0, 0.1) is 11.8 Å². The zero-order valence-electron chi connectivity index (χ0n) is 14.9. The summed E-state index contributed by atoms with van der Waals surface area (Å²) in [5.74, 6) is 2.43. The second-order valence-corrected chi connectivity index (χ2v) is 7.93. The lowest BCUT2D eigenvalue weighted by molar-refractivity contribution is 0.168. The Hall–Kier alpha value is -1.96. The predicted molar refractivity (Wildman–Crippen MR) is 98.5 cm³/mol. The second kappa shape index (κ2) is 6.51. The van der Waals surface area contributed by atoms with Crippen LogP contribution >= 0.6 is 0 Å². The molecule has 3 rings (SSSR count). The lowest BCUT2D eigenvalue weighted by Crippen LogP contribution is -2.35. The van der Waals surface area contributed by atoms with E-state index in [9.17, 15) is 10.2 Å². The number of rotatable bonds is 3. The third kappa shape index (κ3) is 3.15. The van der Waals surface area contributed by atoms with Crippen molar-refractivity contribution in [1.29, 1.82) is 0 Å². The standard InChI is InChI=1S/C22H28O2/c1-15(2)18-12-13-22(3,20-6-4-5-7-21(20)24)14-19(18)16-8-10-17(23)11-9-16/h4-11,15,18-19,23-24H,12-14H2,1-3H3. The minimum absolute atomic E-state index is 0.0146. The Morgan fingerprint density at radius 3 is 2.29 bits per heavy atom. The first-order chi connectivity index (χ1) is 11.4. The molecule has 128 valence electrons. The van der Waals surface area contributed by atoms with Gasteiger partial charge in [-0.25, -0.2) is 0 Å². The van der Waals surface area contributed by atoms with Crippen molar-refractivity contribution in [3.63, 3.8) is 0 Å². The average molecular weight is 324 g/mol. The van der Waals surface area contributed by atoms with Gasteiger partial charge in [0.1, 0.15) is 11.5 Å². The van der Waals surface area contributed by atoms with Crippen LogP contribution in [-0.4, -0.2) is 10.2 Å². The first kappa shape index (κ1) is 16.9. The van der Waals surface area contributed by atoms with Crippen LogP contribution in [0.5, 0.6) is 11.5 Å². The molecular weight excluding hydrogens is 296 g/mol. The van der Waals surface area contributed by atoms with E-state index in [1.807, 2.05) is 12.1 Å². The van der Waals surface area contributed by atoms with Gasteiger partial charge in [0.25, 0.3) is 0 Å². The van der Waals surface area contributed by atoms with Crippen molar-refractivity contribution in [3.8, 4) is 11.5 Å². The highest BCUT2D eigenvalue weighted by atomic mass is 16.3. The van der Waals surface area contributed by atoms with Gasteiger partial charge in [-0.2, -0.15) is 0 Å². The Kier molecular flexibility index (Phi) is 4.58. The third-order valence-electron chi connectivity index (χ3n) is 5.95. The molecule has 2 nitrogen and oxygen atoms in total. The first-order valence-corrected chi connectivity index (χ1v) is 8.98. The van der Waals surface area contributed by atoms with E-state index in [4.69, 9.17) is 0 Å². The number of benzene rings is 2. The van der Waals surface area contributed by atoms with Crippen molar-refractivity contribution in [3.05, 3.63) is 59.7 Å². The largest absolute Gasteiger partial charge is 0.508 e. The first-order valence-electron chi connectivity index (χ1n) is 8.98. The maximum atomic E-state index is 10.4. The van der Waals surface area contributed by atoms with Crippen LogP contribution < -0.4 is 0 Å². The molecule has 0 aromatic heterocycles. The molecular formula is C22H28O2. The molecule has 1 aliphatic rings. The summed E-state index contributed by atoms with van der Waals surface area (Å²) in [6.07, 6.45) is 3.29. The molecule has 0 aliphatic heterocycles. The van der Waals surface area contributed by atoms with Gasteiger partial charge in [-0.1, -0.05) is 51.1 Å². The van der Waals surface area contributed by atoms with E-state index in [1.54, 1.807) is 18.2 Å². The minimum Gasteiger partial charge on any atom is -0.508 e. The number of para-hydroxylation sites is 1. The molecule has 2 aromatic rings. The quantitative estimate of drug-likeness (QED) is 0.772. The lowest BCUT2D eigenvalue weighted by Gasteiger charge is -2.45. The molecule has 1 saturated carbocycles. The van der Waals surface area contributed by atoms with Gasteiger partial charge >= 0.3 is 0 Å². The van der Waals surface area contributed by atoms with Gasteiger partial charge in [-0.15, -0.1) is 0 Å². The summed E-state index contributed by atoms with van der Waals surface area (Å²) >= 11 is 0. The molecule has 0 radical (unpaired) electrons. The van der Waals surface area contributed by atoms with Gasteiger partial charge in [0.15, 0.2) is 0 Å². The van der Waals surface area contributed by atoms with E-state index in [2.05, 4.69) is 39.0 Å². The van der Waals surface area contributed by atoms with Gasteiger partial charge in [-0.05, 0) is 71.8 Å². The summed E-state index contributed by atoms with van der Waals surface area (Å²) in [6.45, 7) is 6.90. The summed E-state index contributed by atoms with van der Waals surface area (Å²) in [6, 6.07) is 15.5. The van der Waals surface area contributed by atoms with Gasteiger partial charge in [0.05, 0.1) is 0 Å². The monoisotopic (exact) mass is 324 g/mol. The summed E-state index contributed by atoms with van der Waals surface area (Å²) in [7, 11) is 0. The van der Waals surface area contributed by atoms with Gasteiger partial charge in [0, 0.05) is 0 Å². The highest BCUT2D eigenvalue weighted by Crippen LogP contribution is 2.52. The van der Waals surface area contributed by atoms with Crippen LogP contribution in [0.25, 0.3) is 0 Å². The zero-order valence-corrected chi connectivity index (χ0v) is 14.9. The molecule has 3 unspecified atom stereocenters. The van der Waals surface area contributed by atoms with Crippen molar-refractivity contribution >= 4 is 0 Å². The molecule has 24 heavy (non-hydrogen) atoms. The van der Waals surface area contributed by atoms with Crippen LogP contribution in [0.3, 0.4) is 0 Å². The SMILES string of the molecule is CC(C)C1CCC(C)(c2ccccc2O)CC1c1ccc(O)cc1. The minimum atomic E-state index is -0.0146. The summed E-state index contributed by atoms with van der Waals surface area (Å²) in [4.78, 5) is 0. The molecule has 0 bridgehead atoms. The van der Waals surface area contributed by atoms with Crippen molar-refractivity contribution in [2.75, 3.05) is 0 Å². The van der Waals surface area contributed by atoms with E-state index in [-0.39, 0.29) is 5.41 Å². The van der Waals surface area contributed by atoms with Gasteiger partial charge < -0.3 is 10.2 Å². The molecule has 2 aromatic carbocycles. The van der Waals surface area contributed by atoms with Gasteiger partial charge in [0.2, 0.25) is 0 Å². The number of hydrogen-bond acceptors (Lipinski definition) is 2. The highest BCUT2D eigenvalue weighted by molar-refractivity contribution is 5.40. The fourth-order valence-corrected chi connectivity index (χ4v) is 4.54. The van der Waals surface area contributed by atoms with Crippen LogP contribution in [-0.2, 0) is 5.41 Å². The van der Waals surface area contributed by atoms with Crippen molar-refractivity contribution in [1.82, 2.24) is 0 Å². The van der Waals surface area contributed by atoms with Gasteiger partial charge in [-0.3, -0.25) is 0 Å². The maximum absolute atomic E-state index is 10.4.